The molecule has 41 heavy (non-hydrogen) atoms. The fourth-order valence-electron chi connectivity index (χ4n) is 4.79. The molecule has 212 valence electrons. The van der Waals surface area contributed by atoms with Crippen LogP contribution in [0.5, 0.6) is 0 Å². The molecule has 1 aliphatic rings. The summed E-state index contributed by atoms with van der Waals surface area (Å²) >= 11 is 1.62. The van der Waals surface area contributed by atoms with Crippen molar-refractivity contribution in [2.75, 3.05) is 7.11 Å². The molecule has 0 spiro atoms. The summed E-state index contributed by atoms with van der Waals surface area (Å²) in [5.74, 6) is -0.215. The van der Waals surface area contributed by atoms with Crippen LogP contribution >= 0.6 is 11.3 Å². The van der Waals surface area contributed by atoms with Gasteiger partial charge in [0.25, 0.3) is 0 Å². The van der Waals surface area contributed by atoms with Gasteiger partial charge < -0.3 is 9.47 Å². The molecular formula is C31H31FN4O4S. The molecule has 2 aromatic carbocycles. The van der Waals surface area contributed by atoms with E-state index in [-0.39, 0.29) is 12.0 Å². The normalized spacial score (nSPS) is 14.5. The molecule has 4 aromatic rings. The first-order valence-corrected chi connectivity index (χ1v) is 14.0. The summed E-state index contributed by atoms with van der Waals surface area (Å²) in [5, 5.41) is 9.61. The van der Waals surface area contributed by atoms with Gasteiger partial charge in [0.15, 0.2) is 5.82 Å². The molecule has 0 bridgehead atoms. The largest absolute Gasteiger partial charge is 0.469 e. The van der Waals surface area contributed by atoms with Crippen molar-refractivity contribution in [3.8, 4) is 16.1 Å². The van der Waals surface area contributed by atoms with Gasteiger partial charge in [0, 0.05) is 21.6 Å². The molecule has 10 heteroatoms. The quantitative estimate of drug-likeness (QED) is 0.254. The SMILES string of the molecule is COC(=O)C[C@@H]1N=C(c2ccc(-c3ccc(C(=O)OC(C)(C)C)cc3F)cc2)c2c(sc(C)c2C)-n2c(C)nnc21. The van der Waals surface area contributed by atoms with Gasteiger partial charge in [0.05, 0.1) is 24.8 Å². The van der Waals surface area contributed by atoms with Crippen molar-refractivity contribution in [3.63, 3.8) is 0 Å². The minimum atomic E-state index is -0.675. The Hall–Kier alpha value is -4.18. The zero-order valence-corrected chi connectivity index (χ0v) is 24.9. The van der Waals surface area contributed by atoms with E-state index in [1.54, 1.807) is 44.2 Å². The van der Waals surface area contributed by atoms with E-state index < -0.39 is 29.4 Å². The van der Waals surface area contributed by atoms with Gasteiger partial charge in [-0.15, -0.1) is 21.5 Å². The molecule has 0 fully saturated rings. The Labute approximate surface area is 241 Å². The first-order valence-electron chi connectivity index (χ1n) is 13.2. The number of thiophene rings is 1. The number of aryl methyl sites for hydroxylation is 2. The van der Waals surface area contributed by atoms with Crippen LogP contribution in [0.2, 0.25) is 0 Å². The Morgan fingerprint density at radius 1 is 1.02 bits per heavy atom. The monoisotopic (exact) mass is 574 g/mol. The number of methoxy groups -OCH3 is 1. The molecule has 1 aliphatic heterocycles. The van der Waals surface area contributed by atoms with E-state index in [4.69, 9.17) is 14.5 Å². The fraction of sp³-hybridized carbons (Fsp3) is 0.323. The second-order valence-corrected chi connectivity index (χ2v) is 12.2. The van der Waals surface area contributed by atoms with Crippen LogP contribution in [0.25, 0.3) is 16.1 Å². The molecule has 0 saturated carbocycles. The average molecular weight is 575 g/mol. The van der Waals surface area contributed by atoms with Crippen LogP contribution in [0.3, 0.4) is 0 Å². The van der Waals surface area contributed by atoms with Gasteiger partial charge in [-0.2, -0.15) is 0 Å². The lowest BCUT2D eigenvalue weighted by atomic mass is 9.96. The molecule has 0 aliphatic carbocycles. The van der Waals surface area contributed by atoms with Crippen molar-refractivity contribution >= 4 is 29.0 Å². The highest BCUT2D eigenvalue weighted by Gasteiger charge is 2.32. The van der Waals surface area contributed by atoms with Crippen LogP contribution in [-0.4, -0.2) is 45.1 Å². The lowest BCUT2D eigenvalue weighted by Crippen LogP contribution is -2.23. The smallest absolute Gasteiger partial charge is 0.338 e. The van der Waals surface area contributed by atoms with Crippen molar-refractivity contribution in [3.05, 3.63) is 87.1 Å². The van der Waals surface area contributed by atoms with E-state index in [1.165, 1.54) is 13.2 Å². The number of nitrogens with zero attached hydrogens (tertiary/aromatic N) is 4. The van der Waals surface area contributed by atoms with Crippen LogP contribution < -0.4 is 0 Å². The van der Waals surface area contributed by atoms with E-state index in [0.717, 1.165) is 26.6 Å². The molecule has 8 nitrogen and oxygen atoms in total. The number of aromatic nitrogens is 3. The van der Waals surface area contributed by atoms with Gasteiger partial charge in [0.1, 0.15) is 28.3 Å². The van der Waals surface area contributed by atoms with Gasteiger partial charge in [-0.3, -0.25) is 14.4 Å². The summed E-state index contributed by atoms with van der Waals surface area (Å²) in [6, 6.07) is 11.2. The van der Waals surface area contributed by atoms with Crippen LogP contribution in [0.15, 0.2) is 47.5 Å². The number of ether oxygens (including phenoxy) is 2. The molecular weight excluding hydrogens is 543 g/mol. The predicted octanol–water partition coefficient (Wildman–Crippen LogP) is 6.47. The van der Waals surface area contributed by atoms with E-state index in [1.807, 2.05) is 35.8 Å². The van der Waals surface area contributed by atoms with Gasteiger partial charge >= 0.3 is 11.9 Å². The van der Waals surface area contributed by atoms with Gasteiger partial charge in [-0.1, -0.05) is 30.3 Å². The van der Waals surface area contributed by atoms with E-state index >= 15 is 4.39 Å². The Kier molecular flexibility index (Phi) is 7.37. The molecule has 1 atom stereocenters. The third-order valence-electron chi connectivity index (χ3n) is 6.90. The summed E-state index contributed by atoms with van der Waals surface area (Å²) in [6.45, 7) is 11.3. The number of carbonyl (C=O) groups is 2. The zero-order valence-electron chi connectivity index (χ0n) is 24.0. The van der Waals surface area contributed by atoms with Crippen LogP contribution in [0.1, 0.15) is 76.8 Å². The first-order chi connectivity index (χ1) is 19.4. The van der Waals surface area contributed by atoms with E-state index in [9.17, 15) is 9.59 Å². The lowest BCUT2D eigenvalue weighted by Gasteiger charge is -2.19. The number of carbonyl (C=O) groups excluding carboxylic acids is 2. The van der Waals surface area contributed by atoms with Gasteiger partial charge in [-0.25, -0.2) is 9.18 Å². The molecule has 0 saturated heterocycles. The Bertz CT molecular complexity index is 1700. The van der Waals surface area contributed by atoms with Crippen molar-refractivity contribution in [2.24, 2.45) is 4.99 Å². The highest BCUT2D eigenvalue weighted by Crippen LogP contribution is 2.40. The molecule has 5 rings (SSSR count). The molecule has 0 N–H and O–H groups in total. The van der Waals surface area contributed by atoms with Gasteiger partial charge in [0.2, 0.25) is 0 Å². The van der Waals surface area contributed by atoms with Crippen molar-refractivity contribution in [2.45, 2.75) is 59.6 Å². The van der Waals surface area contributed by atoms with Crippen molar-refractivity contribution in [1.82, 2.24) is 14.8 Å². The summed E-state index contributed by atoms with van der Waals surface area (Å²) in [7, 11) is 1.35. The Balaban J connectivity index is 1.56. The number of hydrogen-bond donors (Lipinski definition) is 0. The first kappa shape index (κ1) is 28.4. The molecule has 3 heterocycles. The Morgan fingerprint density at radius 3 is 2.34 bits per heavy atom. The summed E-state index contributed by atoms with van der Waals surface area (Å²) in [5.41, 5.74) is 4.04. The number of fused-ring (bicyclic) bond motifs is 3. The maximum Gasteiger partial charge on any atom is 0.338 e. The maximum absolute atomic E-state index is 15.2. The topological polar surface area (TPSA) is 95.7 Å². The fourth-order valence-corrected chi connectivity index (χ4v) is 6.00. The summed E-state index contributed by atoms with van der Waals surface area (Å²) < 4.78 is 27.5. The highest BCUT2D eigenvalue weighted by atomic mass is 32.1. The summed E-state index contributed by atoms with van der Waals surface area (Å²) in [4.78, 5) is 30.9. The van der Waals surface area contributed by atoms with E-state index in [0.29, 0.717) is 28.5 Å². The van der Waals surface area contributed by atoms with Crippen molar-refractivity contribution < 1.29 is 23.5 Å². The lowest BCUT2D eigenvalue weighted by molar-refractivity contribution is -0.141. The number of halogens is 1. The second-order valence-electron chi connectivity index (χ2n) is 11.0. The Morgan fingerprint density at radius 2 is 1.71 bits per heavy atom. The average Bonchev–Trinajstić information content (AvgIpc) is 3.39. The van der Waals surface area contributed by atoms with Gasteiger partial charge in [-0.05, 0) is 64.8 Å². The molecule has 0 unspecified atom stereocenters. The number of benzene rings is 2. The molecule has 0 amide bonds. The number of hydrogen-bond acceptors (Lipinski definition) is 8. The zero-order chi connectivity index (χ0) is 29.6. The van der Waals surface area contributed by atoms with Crippen molar-refractivity contribution in [1.29, 1.82) is 0 Å². The van der Waals surface area contributed by atoms with Crippen LogP contribution in [-0.2, 0) is 14.3 Å². The van der Waals surface area contributed by atoms with E-state index in [2.05, 4.69) is 24.0 Å². The minimum Gasteiger partial charge on any atom is -0.469 e. The third kappa shape index (κ3) is 5.44. The van der Waals surface area contributed by atoms with Crippen LogP contribution in [0.4, 0.5) is 4.39 Å². The number of rotatable bonds is 5. The minimum absolute atomic E-state index is 0.0123. The number of aliphatic imine (C=N–C) groups is 1. The second kappa shape index (κ2) is 10.7. The molecule has 0 radical (unpaired) electrons. The third-order valence-corrected chi connectivity index (χ3v) is 8.09. The number of esters is 2. The molecule has 2 aromatic heterocycles. The summed E-state index contributed by atoms with van der Waals surface area (Å²) in [6.07, 6.45) is 0.0123. The standard InChI is InChI=1S/C31H31FN4O4S/c1-16-17(2)41-29-26(16)27(33-24(15-25(37)39-7)28-35-34-18(3)36(28)29)20-10-8-19(9-11-20)22-13-12-21(14-23(22)32)30(38)40-31(4,5)6/h8-14,24H,15H2,1-7H3/t24-/m0/s1. The predicted molar refractivity (Wildman–Crippen MR) is 155 cm³/mol. The van der Waals surface area contributed by atoms with Crippen LogP contribution in [0, 0.1) is 26.6 Å². The maximum atomic E-state index is 15.2. The highest BCUT2D eigenvalue weighted by molar-refractivity contribution is 7.15.